The summed E-state index contributed by atoms with van der Waals surface area (Å²) in [5.74, 6) is -2.52. The second-order valence-corrected chi connectivity index (χ2v) is 18.1. The molecule has 11 nitrogen and oxygen atoms in total. The largest absolute Gasteiger partial charge is 0.480 e. The molecule has 0 aliphatic carbocycles. The van der Waals surface area contributed by atoms with Crippen LogP contribution < -0.4 is 5.32 Å². The molecular weight excluding hydrogens is 854 g/mol. The minimum absolute atomic E-state index is 0.0155. The molecule has 3 atom stereocenters. The van der Waals surface area contributed by atoms with Crippen molar-refractivity contribution in [1.82, 2.24) is 5.32 Å². The van der Waals surface area contributed by atoms with E-state index in [1.807, 2.05) is 18.2 Å². The van der Waals surface area contributed by atoms with Crippen molar-refractivity contribution in [3.63, 3.8) is 0 Å². The van der Waals surface area contributed by atoms with Crippen molar-refractivity contribution in [3.8, 4) is 0 Å². The van der Waals surface area contributed by atoms with Gasteiger partial charge in [-0.2, -0.15) is 0 Å². The number of unbranched alkanes of at least 4 members (excludes halogenated alkanes) is 17. The van der Waals surface area contributed by atoms with E-state index in [2.05, 4.69) is 92.1 Å². The van der Waals surface area contributed by atoms with Crippen LogP contribution in [0.4, 0.5) is 0 Å². The van der Waals surface area contributed by atoms with Crippen LogP contribution in [0.2, 0.25) is 0 Å². The molecule has 376 valence electrons. The molecular formula is C54H90NO10P. The minimum Gasteiger partial charge on any atom is -0.480 e. The maximum absolute atomic E-state index is 12.4. The minimum atomic E-state index is -4.79. The Balaban J connectivity index is 3.96. The van der Waals surface area contributed by atoms with Crippen LogP contribution in [0.1, 0.15) is 194 Å². The fourth-order valence-electron chi connectivity index (χ4n) is 6.51. The SMILES string of the molecule is CC/C=C\C/C=C\C/C=C\C/C=C\C/C=C\C/C=C\C/C=C\CC(=O)OCC(O)COP(=O)(O)OCC(NC(=O)CCCCCCCCCCCCC/C=C/CCCCCCCC)C(=O)O. The second kappa shape index (κ2) is 47.9. The van der Waals surface area contributed by atoms with Gasteiger partial charge >= 0.3 is 19.8 Å². The highest BCUT2D eigenvalue weighted by Gasteiger charge is 2.28. The summed E-state index contributed by atoms with van der Waals surface area (Å²) in [5.41, 5.74) is 0. The molecule has 1 amide bonds. The van der Waals surface area contributed by atoms with Gasteiger partial charge in [-0.1, -0.05) is 201 Å². The van der Waals surface area contributed by atoms with E-state index in [9.17, 15) is 34.1 Å². The zero-order chi connectivity index (χ0) is 48.4. The van der Waals surface area contributed by atoms with Gasteiger partial charge in [0.2, 0.25) is 5.91 Å². The molecule has 0 heterocycles. The van der Waals surface area contributed by atoms with Crippen molar-refractivity contribution in [1.29, 1.82) is 0 Å². The van der Waals surface area contributed by atoms with Gasteiger partial charge in [-0.25, -0.2) is 9.36 Å². The van der Waals surface area contributed by atoms with Crippen molar-refractivity contribution in [2.45, 2.75) is 206 Å². The van der Waals surface area contributed by atoms with E-state index in [-0.39, 0.29) is 12.8 Å². The Kier molecular flexibility index (Phi) is 45.3. The lowest BCUT2D eigenvalue weighted by Crippen LogP contribution is -2.43. The molecule has 0 aliphatic heterocycles. The highest BCUT2D eigenvalue weighted by molar-refractivity contribution is 7.47. The highest BCUT2D eigenvalue weighted by Crippen LogP contribution is 2.43. The number of allylic oxidation sites excluding steroid dienone is 15. The predicted molar refractivity (Wildman–Crippen MR) is 272 cm³/mol. The monoisotopic (exact) mass is 944 g/mol. The molecule has 0 aliphatic rings. The van der Waals surface area contributed by atoms with Crippen LogP contribution in [0.3, 0.4) is 0 Å². The zero-order valence-corrected chi connectivity index (χ0v) is 41.9. The molecule has 66 heavy (non-hydrogen) atoms. The maximum atomic E-state index is 12.4. The van der Waals surface area contributed by atoms with Crippen LogP contribution in [-0.2, 0) is 32.7 Å². The van der Waals surface area contributed by atoms with E-state index in [4.69, 9.17) is 13.8 Å². The van der Waals surface area contributed by atoms with Crippen LogP contribution >= 0.6 is 7.82 Å². The topological polar surface area (TPSA) is 169 Å². The number of phosphoric acid groups is 1. The summed E-state index contributed by atoms with van der Waals surface area (Å²) in [6, 6.07) is -1.56. The molecule has 12 heteroatoms. The van der Waals surface area contributed by atoms with Crippen molar-refractivity contribution in [3.05, 3.63) is 97.2 Å². The van der Waals surface area contributed by atoms with Gasteiger partial charge in [-0.3, -0.25) is 18.6 Å². The average Bonchev–Trinajstić information content (AvgIpc) is 3.29. The van der Waals surface area contributed by atoms with Crippen LogP contribution in [0.25, 0.3) is 0 Å². The number of aliphatic carboxylic acids is 1. The van der Waals surface area contributed by atoms with E-state index in [1.54, 1.807) is 6.08 Å². The van der Waals surface area contributed by atoms with Gasteiger partial charge in [0.25, 0.3) is 0 Å². The first kappa shape index (κ1) is 62.4. The average molecular weight is 944 g/mol. The maximum Gasteiger partial charge on any atom is 0.472 e. The fraction of sp³-hybridized carbons (Fsp3) is 0.648. The standard InChI is InChI=1S/C54H90NO10P/c1-3-5-7-9-11-13-15-17-19-21-23-25-27-29-31-33-35-37-39-41-43-45-52(57)55-51(54(59)60)49-65-66(61,62)64-48-50(56)47-63-53(58)46-44-42-40-38-36-34-32-30-28-26-24-22-20-18-16-14-12-10-8-6-4-2/h6,8,12,14,17-20,24,26,30,32,36,38,42,44,50-51,56H,3-5,7,9-11,13,15-16,21-23,25,27-29,31,33-35,37,39-41,43,45-49H2,1-2H3,(H,55,57)(H,59,60)(H,61,62)/b8-6-,14-12-,19-17+,20-18-,26-24-,32-30-,38-36-,44-42-. The highest BCUT2D eigenvalue weighted by atomic mass is 31.2. The summed E-state index contributed by atoms with van der Waals surface area (Å²) in [6.45, 7) is 2.38. The van der Waals surface area contributed by atoms with Gasteiger partial charge in [-0.05, 0) is 77.0 Å². The molecule has 0 aromatic heterocycles. The van der Waals surface area contributed by atoms with Gasteiger partial charge in [0.15, 0.2) is 6.04 Å². The first-order valence-electron chi connectivity index (χ1n) is 25.3. The summed E-state index contributed by atoms with van der Waals surface area (Å²) in [4.78, 5) is 46.1. The molecule has 0 radical (unpaired) electrons. The summed E-state index contributed by atoms with van der Waals surface area (Å²) in [5, 5.41) is 21.9. The number of hydrogen-bond acceptors (Lipinski definition) is 8. The third-order valence-electron chi connectivity index (χ3n) is 10.4. The van der Waals surface area contributed by atoms with Crippen LogP contribution in [0.15, 0.2) is 97.2 Å². The molecule has 0 rings (SSSR count). The molecule has 0 aromatic rings. The number of nitrogens with one attached hydrogen (secondary N) is 1. The predicted octanol–water partition coefficient (Wildman–Crippen LogP) is 14.0. The number of carboxylic acid groups (broad SMARTS) is 1. The van der Waals surface area contributed by atoms with E-state index >= 15 is 0 Å². The molecule has 0 aromatic carbocycles. The van der Waals surface area contributed by atoms with Gasteiger partial charge in [-0.15, -0.1) is 0 Å². The Hall–Kier alpha value is -3.60. The van der Waals surface area contributed by atoms with E-state index in [1.165, 1.54) is 96.3 Å². The number of carboxylic acids is 1. The Bertz CT molecular complexity index is 1480. The first-order chi connectivity index (χ1) is 32.1. The van der Waals surface area contributed by atoms with E-state index in [0.29, 0.717) is 12.8 Å². The normalized spacial score (nSPS) is 14.4. The van der Waals surface area contributed by atoms with Crippen molar-refractivity contribution >= 4 is 25.7 Å². The van der Waals surface area contributed by atoms with Gasteiger partial charge in [0, 0.05) is 6.42 Å². The number of aliphatic hydroxyl groups excluding tert-OH is 1. The number of carbonyl (C=O) groups excluding carboxylic acids is 2. The number of hydrogen-bond donors (Lipinski definition) is 4. The summed E-state index contributed by atoms with van der Waals surface area (Å²) in [6.07, 6.45) is 61.7. The number of esters is 1. The first-order valence-corrected chi connectivity index (χ1v) is 26.8. The number of rotatable bonds is 46. The summed E-state index contributed by atoms with van der Waals surface area (Å²) >= 11 is 0. The number of carbonyl (C=O) groups is 3. The molecule has 0 saturated carbocycles. The van der Waals surface area contributed by atoms with E-state index in [0.717, 1.165) is 57.8 Å². The van der Waals surface area contributed by atoms with E-state index < -0.39 is 57.6 Å². The Labute approximate surface area is 400 Å². The number of amides is 1. The third-order valence-corrected chi connectivity index (χ3v) is 11.3. The van der Waals surface area contributed by atoms with Crippen molar-refractivity contribution < 1.29 is 47.8 Å². The van der Waals surface area contributed by atoms with Crippen molar-refractivity contribution in [2.75, 3.05) is 19.8 Å². The number of ether oxygens (including phenoxy) is 1. The molecule has 0 spiro atoms. The lowest BCUT2D eigenvalue weighted by atomic mass is 10.0. The molecule has 0 fully saturated rings. The van der Waals surface area contributed by atoms with Gasteiger partial charge in [0.1, 0.15) is 12.7 Å². The Morgan fingerprint density at radius 2 is 0.909 bits per heavy atom. The molecule has 0 bridgehead atoms. The zero-order valence-electron chi connectivity index (χ0n) is 41.0. The molecule has 4 N–H and O–H groups in total. The second-order valence-electron chi connectivity index (χ2n) is 16.6. The van der Waals surface area contributed by atoms with Crippen LogP contribution in [0.5, 0.6) is 0 Å². The van der Waals surface area contributed by atoms with Gasteiger partial charge in [0.05, 0.1) is 19.6 Å². The van der Waals surface area contributed by atoms with Crippen LogP contribution in [0, 0.1) is 0 Å². The quantitative estimate of drug-likeness (QED) is 0.0199. The Morgan fingerprint density at radius 3 is 1.35 bits per heavy atom. The fourth-order valence-corrected chi connectivity index (χ4v) is 7.29. The molecule has 3 unspecified atom stereocenters. The third kappa shape index (κ3) is 46.9. The Morgan fingerprint density at radius 1 is 0.515 bits per heavy atom. The summed E-state index contributed by atoms with van der Waals surface area (Å²) < 4.78 is 26.8. The molecule has 0 saturated heterocycles. The lowest BCUT2D eigenvalue weighted by molar-refractivity contribution is -0.146. The van der Waals surface area contributed by atoms with Gasteiger partial charge < -0.3 is 25.2 Å². The van der Waals surface area contributed by atoms with Crippen molar-refractivity contribution in [2.24, 2.45) is 0 Å². The lowest BCUT2D eigenvalue weighted by Gasteiger charge is -2.18. The summed E-state index contributed by atoms with van der Waals surface area (Å²) in [7, 11) is -4.79. The smallest absolute Gasteiger partial charge is 0.472 e. The number of aliphatic hydroxyl groups is 1. The number of phosphoric ester groups is 1. The van der Waals surface area contributed by atoms with Crippen LogP contribution in [-0.4, -0.2) is 64.9 Å².